The molecule has 0 saturated heterocycles. The summed E-state index contributed by atoms with van der Waals surface area (Å²) in [5.41, 5.74) is 6.46. The molecular weight excluding hydrogens is 322 g/mol. The molecule has 1 aromatic heterocycles. The summed E-state index contributed by atoms with van der Waals surface area (Å²) < 4.78 is 0. The lowest BCUT2D eigenvalue weighted by atomic mass is 10.1. The van der Waals surface area contributed by atoms with E-state index in [1.54, 1.807) is 0 Å². The number of aromatic nitrogens is 2. The summed E-state index contributed by atoms with van der Waals surface area (Å²) in [4.78, 5) is 11.2. The number of hydrogen-bond donors (Lipinski definition) is 2. The fourth-order valence-corrected chi connectivity index (χ4v) is 2.86. The van der Waals surface area contributed by atoms with Crippen molar-refractivity contribution in [3.05, 3.63) is 65.4 Å². The Morgan fingerprint density at radius 1 is 0.731 bits per heavy atom. The van der Waals surface area contributed by atoms with Gasteiger partial charge in [-0.2, -0.15) is 4.98 Å². The van der Waals surface area contributed by atoms with Gasteiger partial charge in [-0.05, 0) is 68.3 Å². The number of hydrogen-bond acceptors (Lipinski definition) is 5. The van der Waals surface area contributed by atoms with Crippen molar-refractivity contribution in [1.82, 2.24) is 9.97 Å². The lowest BCUT2D eigenvalue weighted by molar-refractivity contribution is 1.11. The van der Waals surface area contributed by atoms with Gasteiger partial charge in [0.2, 0.25) is 5.95 Å². The van der Waals surface area contributed by atoms with Crippen LogP contribution in [0, 0.1) is 20.8 Å². The molecule has 0 bridgehead atoms. The van der Waals surface area contributed by atoms with Crippen molar-refractivity contribution in [3.63, 3.8) is 0 Å². The van der Waals surface area contributed by atoms with Crippen molar-refractivity contribution in [1.29, 1.82) is 0 Å². The van der Waals surface area contributed by atoms with E-state index in [1.165, 1.54) is 11.1 Å². The molecule has 26 heavy (non-hydrogen) atoms. The van der Waals surface area contributed by atoms with Crippen LogP contribution in [0.2, 0.25) is 0 Å². The summed E-state index contributed by atoms with van der Waals surface area (Å²) in [6, 6.07) is 16.5. The first-order valence-corrected chi connectivity index (χ1v) is 8.64. The van der Waals surface area contributed by atoms with E-state index in [4.69, 9.17) is 0 Å². The molecule has 0 aliphatic rings. The van der Waals surface area contributed by atoms with E-state index in [2.05, 4.69) is 69.7 Å². The van der Waals surface area contributed by atoms with Gasteiger partial charge in [0.05, 0.1) is 0 Å². The van der Waals surface area contributed by atoms with Gasteiger partial charge in [-0.25, -0.2) is 4.98 Å². The molecule has 0 unspecified atom stereocenters. The van der Waals surface area contributed by atoms with E-state index in [-0.39, 0.29) is 0 Å². The average molecular weight is 347 g/mol. The minimum Gasteiger partial charge on any atom is -0.378 e. The molecule has 2 N–H and O–H groups in total. The van der Waals surface area contributed by atoms with Gasteiger partial charge in [-0.3, -0.25) is 0 Å². The number of rotatable bonds is 5. The van der Waals surface area contributed by atoms with Crippen LogP contribution < -0.4 is 15.5 Å². The second-order valence-corrected chi connectivity index (χ2v) is 6.79. The average Bonchev–Trinajstić information content (AvgIpc) is 2.53. The summed E-state index contributed by atoms with van der Waals surface area (Å²) in [6.07, 6.45) is 0. The first kappa shape index (κ1) is 17.7. The van der Waals surface area contributed by atoms with Gasteiger partial charge in [-0.1, -0.05) is 6.07 Å². The highest BCUT2D eigenvalue weighted by molar-refractivity contribution is 5.63. The molecule has 134 valence electrons. The van der Waals surface area contributed by atoms with Crippen molar-refractivity contribution >= 4 is 28.8 Å². The van der Waals surface area contributed by atoms with Gasteiger partial charge < -0.3 is 15.5 Å². The molecule has 0 spiro atoms. The SMILES string of the molecule is Cc1cc(C)cc(Nc2nc(C)cc(Nc3ccc(N(C)C)cc3)n2)c1. The van der Waals surface area contributed by atoms with Crippen molar-refractivity contribution in [2.45, 2.75) is 20.8 Å². The Labute approximate surface area is 155 Å². The largest absolute Gasteiger partial charge is 0.378 e. The van der Waals surface area contributed by atoms with Gasteiger partial charge >= 0.3 is 0 Å². The summed E-state index contributed by atoms with van der Waals surface area (Å²) in [7, 11) is 4.06. The minimum atomic E-state index is 0.586. The van der Waals surface area contributed by atoms with E-state index in [0.29, 0.717) is 5.95 Å². The monoisotopic (exact) mass is 347 g/mol. The van der Waals surface area contributed by atoms with Crippen LogP contribution in [-0.2, 0) is 0 Å². The highest BCUT2D eigenvalue weighted by Gasteiger charge is 2.05. The topological polar surface area (TPSA) is 53.1 Å². The Balaban J connectivity index is 1.80. The van der Waals surface area contributed by atoms with E-state index in [9.17, 15) is 0 Å². The van der Waals surface area contributed by atoms with E-state index >= 15 is 0 Å². The Kier molecular flexibility index (Phi) is 5.07. The number of benzene rings is 2. The second-order valence-electron chi connectivity index (χ2n) is 6.79. The second kappa shape index (κ2) is 7.44. The van der Waals surface area contributed by atoms with Crippen LogP contribution in [0.3, 0.4) is 0 Å². The van der Waals surface area contributed by atoms with Crippen LogP contribution in [0.5, 0.6) is 0 Å². The Bertz CT molecular complexity index is 881. The zero-order valence-electron chi connectivity index (χ0n) is 16.0. The minimum absolute atomic E-state index is 0.586. The lowest BCUT2D eigenvalue weighted by Crippen LogP contribution is -2.08. The fourth-order valence-electron chi connectivity index (χ4n) is 2.86. The third-order valence-electron chi connectivity index (χ3n) is 3.99. The Morgan fingerprint density at radius 3 is 2.00 bits per heavy atom. The molecule has 0 fully saturated rings. The fraction of sp³-hybridized carbons (Fsp3) is 0.238. The Hall–Kier alpha value is -3.08. The number of aryl methyl sites for hydroxylation is 3. The smallest absolute Gasteiger partial charge is 0.229 e. The first-order chi connectivity index (χ1) is 12.4. The summed E-state index contributed by atoms with van der Waals surface area (Å²) in [5, 5.41) is 6.66. The van der Waals surface area contributed by atoms with E-state index in [1.807, 2.05) is 39.2 Å². The molecule has 0 saturated carbocycles. The quantitative estimate of drug-likeness (QED) is 0.683. The molecule has 0 radical (unpaired) electrons. The maximum atomic E-state index is 4.60. The zero-order valence-corrected chi connectivity index (χ0v) is 16.0. The van der Waals surface area contributed by atoms with Gasteiger partial charge in [0, 0.05) is 42.9 Å². The van der Waals surface area contributed by atoms with Crippen molar-refractivity contribution in [2.75, 3.05) is 29.6 Å². The Morgan fingerprint density at radius 2 is 1.38 bits per heavy atom. The summed E-state index contributed by atoms with van der Waals surface area (Å²) in [5.74, 6) is 1.35. The third-order valence-corrected chi connectivity index (χ3v) is 3.99. The van der Waals surface area contributed by atoms with E-state index < -0.39 is 0 Å². The predicted molar refractivity (Wildman–Crippen MR) is 110 cm³/mol. The van der Waals surface area contributed by atoms with Crippen molar-refractivity contribution in [2.24, 2.45) is 0 Å². The highest BCUT2D eigenvalue weighted by atomic mass is 15.1. The summed E-state index contributed by atoms with van der Waals surface area (Å²) in [6.45, 7) is 6.13. The number of nitrogens with zero attached hydrogens (tertiary/aromatic N) is 3. The normalized spacial score (nSPS) is 10.5. The van der Waals surface area contributed by atoms with Gasteiger partial charge in [0.25, 0.3) is 0 Å². The lowest BCUT2D eigenvalue weighted by Gasteiger charge is -2.14. The molecule has 3 rings (SSSR count). The molecule has 3 aromatic rings. The standard InChI is InChI=1S/C21H25N5/c1-14-10-15(2)12-18(11-14)24-21-22-16(3)13-20(25-21)23-17-6-8-19(9-7-17)26(4)5/h6-13H,1-5H3,(H2,22,23,24,25). The van der Waals surface area contributed by atoms with Crippen molar-refractivity contribution < 1.29 is 0 Å². The van der Waals surface area contributed by atoms with Crippen LogP contribution in [0.4, 0.5) is 28.8 Å². The maximum absolute atomic E-state index is 4.60. The molecule has 5 nitrogen and oxygen atoms in total. The van der Waals surface area contributed by atoms with E-state index in [0.717, 1.165) is 28.6 Å². The van der Waals surface area contributed by atoms with Crippen LogP contribution in [0.25, 0.3) is 0 Å². The van der Waals surface area contributed by atoms with Crippen LogP contribution in [0.1, 0.15) is 16.8 Å². The van der Waals surface area contributed by atoms with Crippen LogP contribution in [-0.4, -0.2) is 24.1 Å². The molecule has 0 aliphatic heterocycles. The van der Waals surface area contributed by atoms with Crippen molar-refractivity contribution in [3.8, 4) is 0 Å². The molecule has 5 heteroatoms. The number of anilines is 5. The molecule has 1 heterocycles. The van der Waals surface area contributed by atoms with Crippen LogP contribution in [0.15, 0.2) is 48.5 Å². The molecule has 0 atom stereocenters. The predicted octanol–water partition coefficient (Wildman–Crippen LogP) is 4.96. The van der Waals surface area contributed by atoms with Crippen LogP contribution >= 0.6 is 0 Å². The first-order valence-electron chi connectivity index (χ1n) is 8.64. The third kappa shape index (κ3) is 4.51. The number of nitrogens with one attached hydrogen (secondary N) is 2. The molecule has 0 amide bonds. The zero-order chi connectivity index (χ0) is 18.7. The molecular formula is C21H25N5. The molecule has 0 aliphatic carbocycles. The van der Waals surface area contributed by atoms with Gasteiger partial charge in [-0.15, -0.1) is 0 Å². The molecule has 2 aromatic carbocycles. The van der Waals surface area contributed by atoms with Gasteiger partial charge in [0.15, 0.2) is 0 Å². The maximum Gasteiger partial charge on any atom is 0.229 e. The summed E-state index contributed by atoms with van der Waals surface area (Å²) >= 11 is 0. The highest BCUT2D eigenvalue weighted by Crippen LogP contribution is 2.22. The van der Waals surface area contributed by atoms with Gasteiger partial charge in [0.1, 0.15) is 5.82 Å².